The molecular weight excluding hydrogens is 489 g/mol. The lowest BCUT2D eigenvalue weighted by Gasteiger charge is -2.41. The summed E-state index contributed by atoms with van der Waals surface area (Å²) in [6, 6.07) is 13.1. The Morgan fingerprint density at radius 2 is 2.00 bits per heavy atom. The standard InChI is InChI=1S/C24H24FN5O3S2.2H2/c1-17-15-28(20-3-5-21(6-4-20)35(32,33)27-24-26-9-13-34-24)11-12-30(17)23(31)16-29-10-8-18-14-19(25)2-7-22(18)29;;/h2-10,13-14,17H,11-12,15-16H2,1H3,(H,26,27);2*1H/t17-;;/m0../s1. The van der Waals surface area contributed by atoms with Gasteiger partial charge in [-0.3, -0.25) is 9.52 Å². The van der Waals surface area contributed by atoms with Crippen LogP contribution in [0.3, 0.4) is 0 Å². The predicted octanol–water partition coefficient (Wildman–Crippen LogP) is 4.27. The Hall–Kier alpha value is -3.44. The van der Waals surface area contributed by atoms with Crippen LogP contribution >= 0.6 is 11.3 Å². The number of benzene rings is 2. The summed E-state index contributed by atoms with van der Waals surface area (Å²) in [5.74, 6) is -0.290. The molecule has 3 heterocycles. The van der Waals surface area contributed by atoms with Gasteiger partial charge in [-0.25, -0.2) is 17.8 Å². The summed E-state index contributed by atoms with van der Waals surface area (Å²) in [5, 5.41) is 2.79. The van der Waals surface area contributed by atoms with Crippen LogP contribution in [-0.2, 0) is 21.4 Å². The second-order valence-corrected chi connectivity index (χ2v) is 11.0. The van der Waals surface area contributed by atoms with E-state index in [1.54, 1.807) is 41.9 Å². The van der Waals surface area contributed by atoms with E-state index in [0.29, 0.717) is 24.8 Å². The largest absolute Gasteiger partial charge is 0.368 e. The van der Waals surface area contributed by atoms with Crippen molar-refractivity contribution in [1.29, 1.82) is 0 Å². The molecule has 2 aromatic heterocycles. The molecule has 1 aliphatic rings. The van der Waals surface area contributed by atoms with Crippen LogP contribution in [0.4, 0.5) is 15.2 Å². The zero-order chi connectivity index (χ0) is 24.6. The molecule has 1 amide bonds. The number of rotatable bonds is 6. The fraction of sp³-hybridized carbons (Fsp3) is 0.250. The maximum absolute atomic E-state index is 13.5. The van der Waals surface area contributed by atoms with Gasteiger partial charge in [0.25, 0.3) is 10.0 Å². The zero-order valence-electron chi connectivity index (χ0n) is 19.0. The van der Waals surface area contributed by atoms with Crippen molar-refractivity contribution in [3.05, 3.63) is 72.1 Å². The summed E-state index contributed by atoms with van der Waals surface area (Å²) in [6.45, 7) is 4.02. The van der Waals surface area contributed by atoms with Crippen LogP contribution in [0.1, 0.15) is 9.78 Å². The van der Waals surface area contributed by atoms with Crippen molar-refractivity contribution >= 4 is 49.0 Å². The van der Waals surface area contributed by atoms with E-state index in [-0.39, 0.29) is 32.1 Å². The van der Waals surface area contributed by atoms with Crippen LogP contribution in [0.15, 0.2) is 71.2 Å². The number of thiazole rings is 1. The lowest BCUT2D eigenvalue weighted by Crippen LogP contribution is -2.54. The molecule has 1 saturated heterocycles. The molecule has 0 unspecified atom stereocenters. The first kappa shape index (κ1) is 23.3. The number of anilines is 2. The number of hydrogen-bond acceptors (Lipinski definition) is 6. The number of nitrogens with one attached hydrogen (secondary N) is 1. The third-order valence-corrected chi connectivity index (χ3v) is 8.33. The summed E-state index contributed by atoms with van der Waals surface area (Å²) in [4.78, 5) is 21.2. The van der Waals surface area contributed by atoms with Crippen LogP contribution in [0.2, 0.25) is 0 Å². The van der Waals surface area contributed by atoms with Gasteiger partial charge in [0.1, 0.15) is 12.4 Å². The third kappa shape index (κ3) is 4.87. The van der Waals surface area contributed by atoms with Gasteiger partial charge in [-0.1, -0.05) is 0 Å². The number of nitrogens with zero attached hydrogens (tertiary/aromatic N) is 4. The van der Waals surface area contributed by atoms with Gasteiger partial charge in [-0.15, -0.1) is 11.3 Å². The number of carbonyl (C=O) groups is 1. The number of sulfonamides is 1. The smallest absolute Gasteiger partial charge is 0.263 e. The summed E-state index contributed by atoms with van der Waals surface area (Å²) >= 11 is 1.22. The Labute approximate surface area is 209 Å². The van der Waals surface area contributed by atoms with E-state index in [0.717, 1.165) is 16.6 Å². The molecule has 5 rings (SSSR count). The van der Waals surface area contributed by atoms with Gasteiger partial charge in [-0.05, 0) is 55.5 Å². The Balaban J connectivity index is 0.00000190. The van der Waals surface area contributed by atoms with Crippen molar-refractivity contribution in [1.82, 2.24) is 14.5 Å². The molecule has 8 nitrogen and oxygen atoms in total. The fourth-order valence-corrected chi connectivity index (χ4v) is 6.18. The third-order valence-electron chi connectivity index (χ3n) is 6.15. The van der Waals surface area contributed by atoms with E-state index < -0.39 is 10.0 Å². The second kappa shape index (κ2) is 9.31. The molecule has 0 bridgehead atoms. The molecule has 0 spiro atoms. The zero-order valence-corrected chi connectivity index (χ0v) is 20.6. The van der Waals surface area contributed by atoms with E-state index in [2.05, 4.69) is 14.6 Å². The minimum atomic E-state index is -3.70. The molecular formula is C24H28FN5O3S2. The normalized spacial score (nSPS) is 16.6. The number of fused-ring (bicyclic) bond motifs is 1. The average Bonchev–Trinajstić information content (AvgIpc) is 3.48. The number of amides is 1. The molecule has 186 valence electrons. The topological polar surface area (TPSA) is 87.5 Å². The van der Waals surface area contributed by atoms with Crippen LogP contribution in [0.25, 0.3) is 10.9 Å². The first-order valence-corrected chi connectivity index (χ1v) is 13.5. The number of carbonyl (C=O) groups excluding carboxylic acids is 1. The number of piperazine rings is 1. The van der Waals surface area contributed by atoms with Crippen LogP contribution < -0.4 is 9.62 Å². The molecule has 0 aliphatic carbocycles. The highest BCUT2D eigenvalue weighted by Gasteiger charge is 2.28. The van der Waals surface area contributed by atoms with E-state index in [4.69, 9.17) is 0 Å². The molecule has 0 saturated carbocycles. The van der Waals surface area contributed by atoms with Crippen molar-refractivity contribution in [3.8, 4) is 0 Å². The molecule has 1 aliphatic heterocycles. The van der Waals surface area contributed by atoms with E-state index in [1.807, 2.05) is 28.7 Å². The molecule has 1 atom stereocenters. The van der Waals surface area contributed by atoms with E-state index >= 15 is 0 Å². The van der Waals surface area contributed by atoms with Gasteiger partial charge in [0, 0.05) is 62.9 Å². The maximum atomic E-state index is 13.5. The Morgan fingerprint density at radius 1 is 1.20 bits per heavy atom. The SMILES string of the molecule is C[C@H]1CN(c2ccc(S(=O)(=O)Nc3nccs3)cc2)CCN1C(=O)Cn1ccc2cc(F)ccc21.[HH].[HH]. The van der Waals surface area contributed by atoms with Crippen molar-refractivity contribution in [3.63, 3.8) is 0 Å². The first-order valence-electron chi connectivity index (χ1n) is 11.1. The lowest BCUT2D eigenvalue weighted by atomic mass is 10.1. The summed E-state index contributed by atoms with van der Waals surface area (Å²) in [5.41, 5.74) is 1.72. The molecule has 4 aromatic rings. The van der Waals surface area contributed by atoms with Gasteiger partial charge in [0.15, 0.2) is 5.13 Å². The Morgan fingerprint density at radius 3 is 2.71 bits per heavy atom. The van der Waals surface area contributed by atoms with E-state index in [9.17, 15) is 17.6 Å². The highest BCUT2D eigenvalue weighted by atomic mass is 32.2. The van der Waals surface area contributed by atoms with Crippen LogP contribution in [0, 0.1) is 5.82 Å². The monoisotopic (exact) mass is 517 g/mol. The molecule has 0 radical (unpaired) electrons. The molecule has 1 N–H and O–H groups in total. The first-order chi connectivity index (χ1) is 16.8. The maximum Gasteiger partial charge on any atom is 0.263 e. The Bertz CT molecular complexity index is 1460. The summed E-state index contributed by atoms with van der Waals surface area (Å²) < 4.78 is 42.9. The van der Waals surface area contributed by atoms with Gasteiger partial charge in [0.2, 0.25) is 5.91 Å². The van der Waals surface area contributed by atoms with Gasteiger partial charge >= 0.3 is 0 Å². The molecule has 2 aromatic carbocycles. The fourth-order valence-electron chi connectivity index (χ4n) is 4.39. The average molecular weight is 518 g/mol. The lowest BCUT2D eigenvalue weighted by molar-refractivity contribution is -0.134. The molecule has 11 heteroatoms. The Kier molecular flexibility index (Phi) is 6.20. The van der Waals surface area contributed by atoms with E-state index in [1.165, 1.54) is 23.5 Å². The highest BCUT2D eigenvalue weighted by molar-refractivity contribution is 7.93. The summed E-state index contributed by atoms with van der Waals surface area (Å²) in [6.07, 6.45) is 3.35. The van der Waals surface area contributed by atoms with Gasteiger partial charge < -0.3 is 14.4 Å². The van der Waals surface area contributed by atoms with Crippen molar-refractivity contribution < 1.29 is 20.5 Å². The minimum absolute atomic E-state index is 0. The van der Waals surface area contributed by atoms with Gasteiger partial charge in [0.05, 0.1) is 4.90 Å². The molecule has 1 fully saturated rings. The molecule has 35 heavy (non-hydrogen) atoms. The van der Waals surface area contributed by atoms with Gasteiger partial charge in [-0.2, -0.15) is 0 Å². The quantitative estimate of drug-likeness (QED) is 0.413. The minimum Gasteiger partial charge on any atom is -0.368 e. The second-order valence-electron chi connectivity index (χ2n) is 8.47. The number of hydrogen-bond donors (Lipinski definition) is 1. The number of halogens is 1. The van der Waals surface area contributed by atoms with Crippen molar-refractivity contribution in [2.45, 2.75) is 24.4 Å². The predicted molar refractivity (Wildman–Crippen MR) is 139 cm³/mol. The van der Waals surface area contributed by atoms with Crippen LogP contribution in [-0.4, -0.2) is 54.5 Å². The van der Waals surface area contributed by atoms with Crippen molar-refractivity contribution in [2.75, 3.05) is 29.3 Å². The van der Waals surface area contributed by atoms with Crippen LogP contribution in [0.5, 0.6) is 0 Å². The highest BCUT2D eigenvalue weighted by Crippen LogP contribution is 2.24. The summed E-state index contributed by atoms with van der Waals surface area (Å²) in [7, 11) is -3.70. The number of aromatic nitrogens is 2. The van der Waals surface area contributed by atoms with Crippen molar-refractivity contribution in [2.24, 2.45) is 0 Å².